The van der Waals surface area contributed by atoms with E-state index in [2.05, 4.69) is 5.32 Å². The average Bonchev–Trinajstić information content (AvgIpc) is 3.15. The van der Waals surface area contributed by atoms with Crippen LogP contribution in [-0.2, 0) is 9.59 Å². The summed E-state index contributed by atoms with van der Waals surface area (Å²) in [4.78, 5) is 26.8. The number of nitrogens with one attached hydrogen (secondary N) is 1. The molecule has 0 radical (unpaired) electrons. The Morgan fingerprint density at radius 1 is 1.42 bits per heavy atom. The minimum absolute atomic E-state index is 0.0219. The molecule has 2 rings (SSSR count). The van der Waals surface area contributed by atoms with E-state index in [0.717, 1.165) is 12.8 Å². The van der Waals surface area contributed by atoms with E-state index in [1.807, 2.05) is 33.8 Å². The second-order valence-electron chi connectivity index (χ2n) is 6.20. The van der Waals surface area contributed by atoms with Crippen molar-refractivity contribution >= 4 is 11.8 Å². The number of piperazine rings is 1. The third kappa shape index (κ3) is 2.67. The lowest BCUT2D eigenvalue weighted by molar-refractivity contribution is -0.154. The fraction of sp³-hybridized carbons (Fsp3) is 0.733. The van der Waals surface area contributed by atoms with Crippen molar-refractivity contribution in [2.75, 3.05) is 6.54 Å². The molecule has 0 aromatic heterocycles. The van der Waals surface area contributed by atoms with Gasteiger partial charge < -0.3 is 10.2 Å². The number of hydrogen-bond acceptors (Lipinski definition) is 2. The zero-order valence-corrected chi connectivity index (χ0v) is 12.3. The van der Waals surface area contributed by atoms with Crippen LogP contribution in [0.25, 0.3) is 0 Å². The van der Waals surface area contributed by atoms with Crippen LogP contribution >= 0.6 is 0 Å². The first-order chi connectivity index (χ1) is 8.89. The summed E-state index contributed by atoms with van der Waals surface area (Å²) >= 11 is 0. The van der Waals surface area contributed by atoms with E-state index >= 15 is 0 Å². The fourth-order valence-electron chi connectivity index (χ4n) is 2.58. The van der Waals surface area contributed by atoms with Crippen molar-refractivity contribution in [2.24, 2.45) is 5.92 Å². The molecule has 1 aliphatic carbocycles. The molecule has 0 bridgehead atoms. The van der Waals surface area contributed by atoms with Crippen LogP contribution in [0.1, 0.15) is 47.0 Å². The predicted octanol–water partition coefficient (Wildman–Crippen LogP) is 1.86. The van der Waals surface area contributed by atoms with Gasteiger partial charge in [-0.1, -0.05) is 18.6 Å². The number of rotatable bonds is 4. The van der Waals surface area contributed by atoms with Gasteiger partial charge in [0.1, 0.15) is 11.6 Å². The predicted molar refractivity (Wildman–Crippen MR) is 74.5 cm³/mol. The Kier molecular flexibility index (Phi) is 3.70. The molecular weight excluding hydrogens is 240 g/mol. The van der Waals surface area contributed by atoms with Gasteiger partial charge >= 0.3 is 0 Å². The van der Waals surface area contributed by atoms with Crippen LogP contribution in [0.3, 0.4) is 0 Å². The molecule has 2 aliphatic rings. The Morgan fingerprint density at radius 3 is 2.53 bits per heavy atom. The van der Waals surface area contributed by atoms with E-state index in [-0.39, 0.29) is 17.9 Å². The number of nitrogens with zero attached hydrogens (tertiary/aromatic N) is 1. The summed E-state index contributed by atoms with van der Waals surface area (Å²) in [5.74, 6) is 0.438. The molecule has 0 aromatic carbocycles. The zero-order valence-electron chi connectivity index (χ0n) is 12.3. The smallest absolute Gasteiger partial charge is 0.248 e. The van der Waals surface area contributed by atoms with Crippen LogP contribution in [0.2, 0.25) is 0 Å². The first kappa shape index (κ1) is 14.1. The van der Waals surface area contributed by atoms with Crippen LogP contribution in [-0.4, -0.2) is 34.8 Å². The van der Waals surface area contributed by atoms with Crippen molar-refractivity contribution in [3.05, 3.63) is 11.6 Å². The monoisotopic (exact) mass is 264 g/mol. The van der Waals surface area contributed by atoms with Crippen LogP contribution in [0, 0.1) is 5.92 Å². The van der Waals surface area contributed by atoms with Gasteiger partial charge in [0.25, 0.3) is 0 Å². The maximum Gasteiger partial charge on any atom is 0.248 e. The molecule has 2 atom stereocenters. The van der Waals surface area contributed by atoms with Gasteiger partial charge in [-0.05, 0) is 46.0 Å². The van der Waals surface area contributed by atoms with Crippen LogP contribution in [0.5, 0.6) is 0 Å². The van der Waals surface area contributed by atoms with Gasteiger partial charge in [0.05, 0.1) is 0 Å². The number of carbonyl (C=O) groups is 2. The van der Waals surface area contributed by atoms with Gasteiger partial charge in [0, 0.05) is 6.54 Å². The Balaban J connectivity index is 2.27. The first-order valence-corrected chi connectivity index (χ1v) is 7.15. The van der Waals surface area contributed by atoms with E-state index in [1.54, 1.807) is 4.90 Å². The van der Waals surface area contributed by atoms with E-state index in [9.17, 15) is 9.59 Å². The van der Waals surface area contributed by atoms with Gasteiger partial charge in [-0.3, -0.25) is 9.59 Å². The van der Waals surface area contributed by atoms with Crippen molar-refractivity contribution in [2.45, 2.75) is 58.5 Å². The lowest BCUT2D eigenvalue weighted by Crippen LogP contribution is -2.69. The molecule has 19 heavy (non-hydrogen) atoms. The molecule has 1 N–H and O–H groups in total. The molecule has 1 saturated heterocycles. The SMILES string of the molecule is CCC1(C)NC(=O)C(C2CC2)N(CC=C(C)C)C1=O. The molecular formula is C15H24N2O2. The Labute approximate surface area is 115 Å². The topological polar surface area (TPSA) is 49.4 Å². The third-order valence-electron chi connectivity index (χ3n) is 4.21. The van der Waals surface area contributed by atoms with E-state index in [1.165, 1.54) is 5.57 Å². The molecule has 4 nitrogen and oxygen atoms in total. The van der Waals surface area contributed by atoms with E-state index in [4.69, 9.17) is 0 Å². The van der Waals surface area contributed by atoms with Crippen molar-refractivity contribution in [3.63, 3.8) is 0 Å². The molecule has 4 heteroatoms. The molecule has 0 aromatic rings. The summed E-state index contributed by atoms with van der Waals surface area (Å²) in [6, 6.07) is -0.261. The third-order valence-corrected chi connectivity index (χ3v) is 4.21. The summed E-state index contributed by atoms with van der Waals surface area (Å²) in [5, 5.41) is 2.93. The maximum absolute atomic E-state index is 12.7. The second kappa shape index (κ2) is 4.99. The molecule has 1 aliphatic heterocycles. The van der Waals surface area contributed by atoms with Crippen molar-refractivity contribution in [1.82, 2.24) is 10.2 Å². The summed E-state index contributed by atoms with van der Waals surface area (Å²) in [6.07, 6.45) is 4.77. The summed E-state index contributed by atoms with van der Waals surface area (Å²) in [6.45, 7) is 8.34. The second-order valence-corrected chi connectivity index (χ2v) is 6.20. The highest BCUT2D eigenvalue weighted by atomic mass is 16.2. The van der Waals surface area contributed by atoms with Gasteiger partial charge in [0.2, 0.25) is 11.8 Å². The Morgan fingerprint density at radius 2 is 2.05 bits per heavy atom. The van der Waals surface area contributed by atoms with Crippen LogP contribution in [0.15, 0.2) is 11.6 Å². The lowest BCUT2D eigenvalue weighted by atomic mass is 9.90. The fourth-order valence-corrected chi connectivity index (χ4v) is 2.58. The number of allylic oxidation sites excluding steroid dienone is 1. The maximum atomic E-state index is 12.7. The van der Waals surface area contributed by atoms with Gasteiger partial charge in [-0.15, -0.1) is 0 Å². The lowest BCUT2D eigenvalue weighted by Gasteiger charge is -2.44. The minimum atomic E-state index is -0.738. The number of amides is 2. The molecule has 1 saturated carbocycles. The van der Waals surface area contributed by atoms with E-state index in [0.29, 0.717) is 18.9 Å². The van der Waals surface area contributed by atoms with Crippen LogP contribution < -0.4 is 5.32 Å². The highest BCUT2D eigenvalue weighted by Crippen LogP contribution is 2.38. The average molecular weight is 264 g/mol. The molecule has 2 fully saturated rings. The summed E-state index contributed by atoms with van der Waals surface area (Å²) < 4.78 is 0. The molecule has 0 spiro atoms. The Bertz CT molecular complexity index is 422. The number of hydrogen-bond donors (Lipinski definition) is 1. The quantitative estimate of drug-likeness (QED) is 0.788. The van der Waals surface area contributed by atoms with Gasteiger partial charge in [0.15, 0.2) is 0 Å². The minimum Gasteiger partial charge on any atom is -0.340 e. The van der Waals surface area contributed by atoms with Gasteiger partial charge in [-0.2, -0.15) is 0 Å². The van der Waals surface area contributed by atoms with Crippen molar-refractivity contribution < 1.29 is 9.59 Å². The van der Waals surface area contributed by atoms with E-state index < -0.39 is 5.54 Å². The molecule has 2 amide bonds. The summed E-state index contributed by atoms with van der Waals surface area (Å²) in [5.41, 5.74) is 0.435. The number of carbonyl (C=O) groups excluding carboxylic acids is 2. The largest absolute Gasteiger partial charge is 0.340 e. The molecule has 106 valence electrons. The first-order valence-electron chi connectivity index (χ1n) is 7.15. The normalized spacial score (nSPS) is 31.2. The summed E-state index contributed by atoms with van der Waals surface area (Å²) in [7, 11) is 0. The molecule has 2 unspecified atom stereocenters. The van der Waals surface area contributed by atoms with Crippen molar-refractivity contribution in [3.8, 4) is 0 Å². The van der Waals surface area contributed by atoms with Crippen LogP contribution in [0.4, 0.5) is 0 Å². The highest BCUT2D eigenvalue weighted by Gasteiger charge is 2.51. The standard InChI is InChI=1S/C15H24N2O2/c1-5-15(4)14(19)17(9-8-10(2)3)12(11-6-7-11)13(18)16-15/h8,11-12H,5-7,9H2,1-4H3,(H,16,18). The Hall–Kier alpha value is -1.32. The van der Waals surface area contributed by atoms with Crippen molar-refractivity contribution in [1.29, 1.82) is 0 Å². The highest BCUT2D eigenvalue weighted by molar-refractivity contribution is 6.00. The zero-order chi connectivity index (χ0) is 14.2. The molecule has 1 heterocycles. The van der Waals surface area contributed by atoms with Gasteiger partial charge in [-0.25, -0.2) is 0 Å².